The number of likely N-dealkylation sites (N-methyl/N-ethyl adjacent to an activating group) is 1. The summed E-state index contributed by atoms with van der Waals surface area (Å²) < 4.78 is 23.2. The average Bonchev–Trinajstić information content (AvgIpc) is 3.02. The molecule has 0 aliphatic carbocycles. The number of carbonyl (C=O) groups is 1. The molecule has 9 heteroatoms. The Bertz CT molecular complexity index is 763. The Hall–Kier alpha value is -0.500. The Morgan fingerprint density at radius 1 is 0.646 bits per heavy atom. The van der Waals surface area contributed by atoms with Crippen molar-refractivity contribution in [2.75, 3.05) is 40.9 Å². The molecule has 288 valence electrons. The van der Waals surface area contributed by atoms with Gasteiger partial charge in [0.1, 0.15) is 13.2 Å². The number of aliphatic hydroxyl groups is 1. The fraction of sp³-hybridized carbons (Fsp3) is 0.974. The van der Waals surface area contributed by atoms with Crippen molar-refractivity contribution < 1.29 is 32.9 Å². The molecule has 0 bridgehead atoms. The molecule has 0 saturated heterocycles. The molecule has 0 fully saturated rings. The summed E-state index contributed by atoms with van der Waals surface area (Å²) in [6.07, 6.45) is 32.4. The highest BCUT2D eigenvalue weighted by Crippen LogP contribution is 2.38. The fourth-order valence-electron chi connectivity index (χ4n) is 6.04. The smallest absolute Gasteiger partial charge is 0.268 e. The summed E-state index contributed by atoms with van der Waals surface area (Å²) in [6.45, 7) is 4.71. The molecule has 2 N–H and O–H groups in total. The number of aliphatic hydroxyl groups excluding tert-OH is 1. The van der Waals surface area contributed by atoms with Crippen LogP contribution in [0, 0.1) is 0 Å². The number of carbonyl (C=O) groups excluding carboxylic acids is 1. The quantitative estimate of drug-likeness (QED) is 0.0379. The first-order chi connectivity index (χ1) is 23.0. The van der Waals surface area contributed by atoms with Crippen molar-refractivity contribution in [3.8, 4) is 0 Å². The van der Waals surface area contributed by atoms with Crippen LogP contribution in [0.5, 0.6) is 0 Å². The lowest BCUT2D eigenvalue weighted by molar-refractivity contribution is -0.870. The fourth-order valence-corrected chi connectivity index (χ4v) is 6.76. The van der Waals surface area contributed by atoms with Gasteiger partial charge in [0.25, 0.3) is 7.82 Å². The van der Waals surface area contributed by atoms with Crippen LogP contribution in [0.2, 0.25) is 0 Å². The predicted molar refractivity (Wildman–Crippen MR) is 201 cm³/mol. The molecule has 0 rings (SSSR count). The first-order valence-electron chi connectivity index (χ1n) is 20.4. The van der Waals surface area contributed by atoms with E-state index in [1.54, 1.807) is 0 Å². The van der Waals surface area contributed by atoms with Gasteiger partial charge in [0, 0.05) is 6.42 Å². The van der Waals surface area contributed by atoms with Gasteiger partial charge in [0.2, 0.25) is 5.91 Å². The molecule has 8 nitrogen and oxygen atoms in total. The molecular formula is C39H81N2O6P. The third kappa shape index (κ3) is 34.0. The number of phosphoric ester groups is 1. The molecule has 0 radical (unpaired) electrons. The van der Waals surface area contributed by atoms with Gasteiger partial charge in [0.15, 0.2) is 0 Å². The second-order valence-electron chi connectivity index (χ2n) is 15.4. The largest absolute Gasteiger partial charge is 0.756 e. The number of hydrogen-bond donors (Lipinski definition) is 2. The van der Waals surface area contributed by atoms with E-state index in [4.69, 9.17) is 9.05 Å². The molecule has 0 aromatic rings. The zero-order chi connectivity index (χ0) is 35.8. The van der Waals surface area contributed by atoms with E-state index in [1.165, 1.54) is 128 Å². The summed E-state index contributed by atoms with van der Waals surface area (Å²) in [7, 11) is 1.31. The van der Waals surface area contributed by atoms with Crippen LogP contribution in [-0.2, 0) is 18.4 Å². The molecule has 0 aromatic heterocycles. The van der Waals surface area contributed by atoms with Gasteiger partial charge in [-0.15, -0.1) is 0 Å². The van der Waals surface area contributed by atoms with Crippen molar-refractivity contribution in [2.24, 2.45) is 0 Å². The Morgan fingerprint density at radius 3 is 1.42 bits per heavy atom. The van der Waals surface area contributed by atoms with Crippen LogP contribution >= 0.6 is 7.82 Å². The van der Waals surface area contributed by atoms with Crippen LogP contribution in [0.15, 0.2) is 0 Å². The number of amides is 1. The standard InChI is InChI=1S/C39H81N2O6P/c1-6-8-10-12-14-16-18-19-20-21-22-23-24-26-28-30-32-38(42)37(36-47-48(44,45)46-35-34-41(3,4)5)40-39(43)33-31-29-27-25-17-15-13-11-9-7-2/h37-38,42H,6-36H2,1-5H3,(H-,40,43,44,45)/t37-,38+/m0/s1. The molecule has 3 atom stereocenters. The van der Waals surface area contributed by atoms with E-state index in [0.717, 1.165) is 38.5 Å². The minimum Gasteiger partial charge on any atom is -0.756 e. The van der Waals surface area contributed by atoms with Gasteiger partial charge < -0.3 is 28.8 Å². The summed E-state index contributed by atoms with van der Waals surface area (Å²) in [6, 6.07) is -0.791. The number of nitrogens with zero attached hydrogens (tertiary/aromatic N) is 1. The first-order valence-corrected chi connectivity index (χ1v) is 21.8. The number of hydrogen-bond acceptors (Lipinski definition) is 6. The van der Waals surface area contributed by atoms with Crippen molar-refractivity contribution in [3.05, 3.63) is 0 Å². The van der Waals surface area contributed by atoms with Gasteiger partial charge in [-0.1, -0.05) is 174 Å². The number of rotatable bonds is 37. The minimum atomic E-state index is -4.55. The van der Waals surface area contributed by atoms with Crippen molar-refractivity contribution in [1.82, 2.24) is 5.32 Å². The van der Waals surface area contributed by atoms with Gasteiger partial charge in [0.05, 0.1) is 39.9 Å². The second kappa shape index (κ2) is 32.4. The van der Waals surface area contributed by atoms with Crippen molar-refractivity contribution >= 4 is 13.7 Å². The summed E-state index contributed by atoms with van der Waals surface area (Å²) in [4.78, 5) is 25.2. The molecular weight excluding hydrogens is 623 g/mol. The Kier molecular flexibility index (Phi) is 32.1. The lowest BCUT2D eigenvalue weighted by atomic mass is 10.0. The molecule has 0 aliphatic rings. The van der Waals surface area contributed by atoms with Crippen LogP contribution in [0.25, 0.3) is 0 Å². The molecule has 0 spiro atoms. The topological polar surface area (TPSA) is 108 Å². The number of unbranched alkanes of at least 4 members (excludes halogenated alkanes) is 24. The van der Waals surface area contributed by atoms with E-state index in [2.05, 4.69) is 19.2 Å². The van der Waals surface area contributed by atoms with Gasteiger partial charge >= 0.3 is 0 Å². The minimum absolute atomic E-state index is 0.0157. The Labute approximate surface area is 298 Å². The van der Waals surface area contributed by atoms with Gasteiger partial charge in [-0.2, -0.15) is 0 Å². The van der Waals surface area contributed by atoms with Crippen LogP contribution in [0.3, 0.4) is 0 Å². The molecule has 0 aliphatic heterocycles. The molecule has 48 heavy (non-hydrogen) atoms. The zero-order valence-corrected chi connectivity index (χ0v) is 33.4. The normalized spacial score (nSPS) is 14.6. The lowest BCUT2D eigenvalue weighted by Crippen LogP contribution is -2.46. The van der Waals surface area contributed by atoms with E-state index >= 15 is 0 Å². The molecule has 1 unspecified atom stereocenters. The Morgan fingerprint density at radius 2 is 1.02 bits per heavy atom. The van der Waals surface area contributed by atoms with Crippen LogP contribution in [0.1, 0.15) is 194 Å². The maximum atomic E-state index is 12.8. The average molecular weight is 705 g/mol. The van der Waals surface area contributed by atoms with E-state index in [9.17, 15) is 19.4 Å². The summed E-state index contributed by atoms with van der Waals surface area (Å²) in [5, 5.41) is 13.8. The number of quaternary nitrogens is 1. The van der Waals surface area contributed by atoms with Gasteiger partial charge in [-0.25, -0.2) is 0 Å². The first kappa shape index (κ1) is 47.5. The van der Waals surface area contributed by atoms with E-state index in [1.807, 2.05) is 21.1 Å². The maximum absolute atomic E-state index is 12.8. The lowest BCUT2D eigenvalue weighted by Gasteiger charge is -2.30. The Balaban J connectivity index is 4.37. The SMILES string of the molecule is CCCCCCCCCCCCCCCCCC[C@@H](O)[C@H](COP(=O)([O-])OCC[N+](C)(C)C)NC(=O)CCCCCCCCCCCC. The van der Waals surface area contributed by atoms with Gasteiger partial charge in [-0.3, -0.25) is 9.36 Å². The van der Waals surface area contributed by atoms with Crippen molar-refractivity contribution in [3.63, 3.8) is 0 Å². The molecule has 1 amide bonds. The van der Waals surface area contributed by atoms with Gasteiger partial charge in [-0.05, 0) is 12.8 Å². The summed E-state index contributed by atoms with van der Waals surface area (Å²) >= 11 is 0. The third-order valence-electron chi connectivity index (χ3n) is 9.35. The maximum Gasteiger partial charge on any atom is 0.268 e. The summed E-state index contributed by atoms with van der Waals surface area (Å²) in [5.74, 6) is -0.166. The summed E-state index contributed by atoms with van der Waals surface area (Å²) in [5.41, 5.74) is 0. The molecule has 0 aromatic carbocycles. The van der Waals surface area contributed by atoms with Crippen molar-refractivity contribution in [1.29, 1.82) is 0 Å². The van der Waals surface area contributed by atoms with Crippen molar-refractivity contribution in [2.45, 2.75) is 206 Å². The third-order valence-corrected chi connectivity index (χ3v) is 10.3. The number of phosphoric acid groups is 1. The molecule has 0 heterocycles. The second-order valence-corrected chi connectivity index (χ2v) is 16.8. The highest BCUT2D eigenvalue weighted by Gasteiger charge is 2.24. The predicted octanol–water partition coefficient (Wildman–Crippen LogP) is 10.0. The zero-order valence-electron chi connectivity index (χ0n) is 32.5. The highest BCUT2D eigenvalue weighted by molar-refractivity contribution is 7.45. The van der Waals surface area contributed by atoms with E-state index < -0.39 is 20.0 Å². The highest BCUT2D eigenvalue weighted by atomic mass is 31.2. The monoisotopic (exact) mass is 705 g/mol. The van der Waals surface area contributed by atoms with Crippen LogP contribution in [0.4, 0.5) is 0 Å². The van der Waals surface area contributed by atoms with Crippen LogP contribution in [-0.4, -0.2) is 68.5 Å². The van der Waals surface area contributed by atoms with E-state index in [0.29, 0.717) is 23.9 Å². The van der Waals surface area contributed by atoms with E-state index in [-0.39, 0.29) is 19.1 Å². The molecule has 0 saturated carbocycles. The van der Waals surface area contributed by atoms with Crippen LogP contribution < -0.4 is 10.2 Å². The number of nitrogens with one attached hydrogen (secondary N) is 1.